The Morgan fingerprint density at radius 2 is 2.17 bits per heavy atom. The lowest BCUT2D eigenvalue weighted by Gasteiger charge is -2.02. The van der Waals surface area contributed by atoms with E-state index < -0.39 is 0 Å². The van der Waals surface area contributed by atoms with E-state index in [0.717, 1.165) is 24.7 Å². The van der Waals surface area contributed by atoms with Crippen LogP contribution in [0.1, 0.15) is 33.1 Å². The number of hydrogen-bond donors (Lipinski definition) is 0. The Kier molecular flexibility index (Phi) is 6.25. The van der Waals surface area contributed by atoms with Crippen LogP contribution >= 0.6 is 0 Å². The van der Waals surface area contributed by atoms with Crippen molar-refractivity contribution in [3.05, 3.63) is 11.1 Å². The fourth-order valence-electron chi connectivity index (χ4n) is 1.12. The van der Waals surface area contributed by atoms with Gasteiger partial charge in [-0.2, -0.15) is 0 Å². The van der Waals surface area contributed by atoms with Crippen molar-refractivity contribution in [1.29, 1.82) is 0 Å². The zero-order valence-corrected chi connectivity index (χ0v) is 8.13. The van der Waals surface area contributed by atoms with E-state index in [0.29, 0.717) is 6.42 Å². The molecular weight excluding hydrogens is 150 g/mol. The highest BCUT2D eigenvalue weighted by molar-refractivity contribution is 5.83. The van der Waals surface area contributed by atoms with Gasteiger partial charge in [0.1, 0.15) is 6.29 Å². The Balaban J connectivity index is 4.41. The Bertz CT molecular complexity index is 192. The minimum atomic E-state index is 0.489. The molecule has 2 heteroatoms. The van der Waals surface area contributed by atoms with Gasteiger partial charge in [-0.1, -0.05) is 18.9 Å². The summed E-state index contributed by atoms with van der Waals surface area (Å²) in [6.07, 6.45) is 5.36. The van der Waals surface area contributed by atoms with Crippen LogP contribution in [0.4, 0.5) is 0 Å². The van der Waals surface area contributed by atoms with Gasteiger partial charge in [0, 0.05) is 19.7 Å². The van der Waals surface area contributed by atoms with Crippen molar-refractivity contribution in [2.45, 2.75) is 33.1 Å². The smallest absolute Gasteiger partial charge is 0.124 e. The van der Waals surface area contributed by atoms with Crippen LogP contribution in [0.25, 0.3) is 0 Å². The van der Waals surface area contributed by atoms with Crippen LogP contribution in [0.15, 0.2) is 16.1 Å². The zero-order chi connectivity index (χ0) is 9.40. The van der Waals surface area contributed by atoms with E-state index in [9.17, 15) is 4.79 Å². The van der Waals surface area contributed by atoms with E-state index in [2.05, 4.69) is 18.8 Å². The molecule has 0 aliphatic rings. The SMILES string of the molecule is CCC/C(C)=C(/C=NC)CC=O. The molecule has 0 N–H and O–H groups in total. The Morgan fingerprint density at radius 3 is 2.58 bits per heavy atom. The molecule has 2 nitrogen and oxygen atoms in total. The summed E-state index contributed by atoms with van der Waals surface area (Å²) in [5.74, 6) is 0. The van der Waals surface area contributed by atoms with Crippen LogP contribution in [-0.2, 0) is 4.79 Å². The van der Waals surface area contributed by atoms with E-state index in [1.54, 1.807) is 13.3 Å². The average Bonchev–Trinajstić information content (AvgIpc) is 2.04. The average molecular weight is 167 g/mol. The number of aliphatic imine (C=N–C) groups is 1. The molecule has 0 saturated heterocycles. The Hall–Kier alpha value is -0.920. The molecule has 0 aliphatic heterocycles. The molecule has 0 atom stereocenters. The second kappa shape index (κ2) is 6.77. The van der Waals surface area contributed by atoms with Crippen molar-refractivity contribution in [2.75, 3.05) is 7.05 Å². The highest BCUT2D eigenvalue weighted by Gasteiger charge is 1.97. The summed E-state index contributed by atoms with van der Waals surface area (Å²) in [6.45, 7) is 4.19. The van der Waals surface area contributed by atoms with E-state index >= 15 is 0 Å². The molecule has 0 fully saturated rings. The molecule has 0 bridgehead atoms. The number of allylic oxidation sites excluding steroid dienone is 2. The van der Waals surface area contributed by atoms with Gasteiger partial charge in [0.2, 0.25) is 0 Å². The van der Waals surface area contributed by atoms with Crippen molar-refractivity contribution < 1.29 is 4.79 Å². The monoisotopic (exact) mass is 167 g/mol. The molecule has 0 radical (unpaired) electrons. The maximum atomic E-state index is 10.3. The van der Waals surface area contributed by atoms with Gasteiger partial charge in [0.25, 0.3) is 0 Å². The lowest BCUT2D eigenvalue weighted by molar-refractivity contribution is -0.107. The second-order valence-electron chi connectivity index (χ2n) is 2.81. The van der Waals surface area contributed by atoms with Crippen molar-refractivity contribution >= 4 is 12.5 Å². The third-order valence-corrected chi connectivity index (χ3v) is 1.76. The first-order chi connectivity index (χ1) is 5.76. The number of rotatable bonds is 5. The van der Waals surface area contributed by atoms with Crippen LogP contribution in [0.3, 0.4) is 0 Å². The number of aldehydes is 1. The van der Waals surface area contributed by atoms with Crippen LogP contribution in [0.5, 0.6) is 0 Å². The van der Waals surface area contributed by atoms with Gasteiger partial charge in [-0.25, -0.2) is 0 Å². The molecule has 0 unspecified atom stereocenters. The first kappa shape index (κ1) is 11.1. The van der Waals surface area contributed by atoms with Gasteiger partial charge in [-0.05, 0) is 18.9 Å². The molecule has 0 aromatic carbocycles. The third-order valence-electron chi connectivity index (χ3n) is 1.76. The Morgan fingerprint density at radius 1 is 1.50 bits per heavy atom. The van der Waals surface area contributed by atoms with Crippen molar-refractivity contribution in [3.63, 3.8) is 0 Å². The summed E-state index contributed by atoms with van der Waals surface area (Å²) in [5.41, 5.74) is 2.34. The number of carbonyl (C=O) groups excluding carboxylic acids is 1. The Labute approximate surface area is 74.4 Å². The van der Waals surface area contributed by atoms with Gasteiger partial charge in [0.15, 0.2) is 0 Å². The van der Waals surface area contributed by atoms with Crippen molar-refractivity contribution in [1.82, 2.24) is 0 Å². The second-order valence-corrected chi connectivity index (χ2v) is 2.81. The lowest BCUT2D eigenvalue weighted by atomic mass is 10.0. The van der Waals surface area contributed by atoms with Gasteiger partial charge < -0.3 is 4.79 Å². The summed E-state index contributed by atoms with van der Waals surface area (Å²) in [6, 6.07) is 0. The first-order valence-electron chi connectivity index (χ1n) is 4.30. The zero-order valence-electron chi connectivity index (χ0n) is 8.13. The predicted molar refractivity (Wildman–Crippen MR) is 52.7 cm³/mol. The highest BCUT2D eigenvalue weighted by Crippen LogP contribution is 2.10. The summed E-state index contributed by atoms with van der Waals surface area (Å²) in [5, 5.41) is 0. The maximum absolute atomic E-state index is 10.3. The summed E-state index contributed by atoms with van der Waals surface area (Å²) in [7, 11) is 1.73. The summed E-state index contributed by atoms with van der Waals surface area (Å²) in [4.78, 5) is 14.2. The standard InChI is InChI=1S/C10H17NO/c1-4-5-9(2)10(6-7-12)8-11-3/h7-8H,4-6H2,1-3H3/b10-9+,11-8?. The lowest BCUT2D eigenvalue weighted by Crippen LogP contribution is -1.92. The fraction of sp³-hybridized carbons (Fsp3) is 0.600. The van der Waals surface area contributed by atoms with E-state index in [1.807, 2.05) is 0 Å². The number of carbonyl (C=O) groups is 1. The van der Waals surface area contributed by atoms with E-state index in [4.69, 9.17) is 0 Å². The molecular formula is C10H17NO. The van der Waals surface area contributed by atoms with E-state index in [1.165, 1.54) is 5.57 Å². The molecule has 0 rings (SSSR count). The molecule has 0 spiro atoms. The normalized spacial score (nSPS) is 13.2. The molecule has 0 saturated carbocycles. The number of hydrogen-bond acceptors (Lipinski definition) is 2. The van der Waals surface area contributed by atoms with Crippen molar-refractivity contribution in [3.8, 4) is 0 Å². The van der Waals surface area contributed by atoms with Gasteiger partial charge in [0.05, 0.1) is 0 Å². The van der Waals surface area contributed by atoms with Gasteiger partial charge >= 0.3 is 0 Å². The maximum Gasteiger partial charge on any atom is 0.124 e. The van der Waals surface area contributed by atoms with Gasteiger partial charge in [-0.3, -0.25) is 4.99 Å². The predicted octanol–water partition coefficient (Wildman–Crippen LogP) is 2.39. The molecule has 0 heterocycles. The first-order valence-corrected chi connectivity index (χ1v) is 4.30. The van der Waals surface area contributed by atoms with Crippen LogP contribution < -0.4 is 0 Å². The minimum Gasteiger partial charge on any atom is -0.303 e. The number of nitrogens with zero attached hydrogens (tertiary/aromatic N) is 1. The van der Waals surface area contributed by atoms with Crippen LogP contribution in [0, 0.1) is 0 Å². The highest BCUT2D eigenvalue weighted by atomic mass is 16.1. The molecule has 0 amide bonds. The molecule has 0 aromatic rings. The van der Waals surface area contributed by atoms with Crippen LogP contribution in [-0.4, -0.2) is 19.5 Å². The van der Waals surface area contributed by atoms with E-state index in [-0.39, 0.29) is 0 Å². The molecule has 0 aromatic heterocycles. The summed E-state index contributed by atoms with van der Waals surface area (Å²) >= 11 is 0. The topological polar surface area (TPSA) is 29.4 Å². The quantitative estimate of drug-likeness (QED) is 0.456. The van der Waals surface area contributed by atoms with Gasteiger partial charge in [-0.15, -0.1) is 0 Å². The van der Waals surface area contributed by atoms with Crippen molar-refractivity contribution in [2.24, 2.45) is 4.99 Å². The third kappa shape index (κ3) is 4.06. The molecule has 68 valence electrons. The molecule has 0 aliphatic carbocycles. The summed E-state index contributed by atoms with van der Waals surface area (Å²) < 4.78 is 0. The van der Waals surface area contributed by atoms with Crippen LogP contribution in [0.2, 0.25) is 0 Å². The largest absolute Gasteiger partial charge is 0.303 e. The minimum absolute atomic E-state index is 0.489. The fourth-order valence-corrected chi connectivity index (χ4v) is 1.12. The molecule has 12 heavy (non-hydrogen) atoms.